The van der Waals surface area contributed by atoms with E-state index in [1.165, 1.54) is 24.0 Å². The number of primary amides is 1. The van der Waals surface area contributed by atoms with Crippen LogP contribution < -0.4 is 5.73 Å². The Morgan fingerprint density at radius 1 is 1.00 bits per heavy atom. The van der Waals surface area contributed by atoms with Gasteiger partial charge in [0, 0.05) is 42.7 Å². The summed E-state index contributed by atoms with van der Waals surface area (Å²) >= 11 is 0. The predicted octanol–water partition coefficient (Wildman–Crippen LogP) is 4.96. The third kappa shape index (κ3) is 5.69. The Kier molecular flexibility index (Phi) is 7.42. The van der Waals surface area contributed by atoms with Gasteiger partial charge >= 0.3 is 0 Å². The smallest absolute Gasteiger partial charge is 0.248 e. The van der Waals surface area contributed by atoms with Gasteiger partial charge in [-0.05, 0) is 61.3 Å². The lowest BCUT2D eigenvalue weighted by Crippen LogP contribution is -2.44. The maximum absolute atomic E-state index is 13.1. The molecule has 2 aromatic rings. The van der Waals surface area contributed by atoms with Crippen molar-refractivity contribution in [3.63, 3.8) is 0 Å². The van der Waals surface area contributed by atoms with Crippen LogP contribution in [0.4, 0.5) is 0 Å². The molecule has 4 rings (SSSR count). The minimum absolute atomic E-state index is 0.215. The summed E-state index contributed by atoms with van der Waals surface area (Å²) in [5.41, 5.74) is 8.15. The molecule has 2 N–H and O–H groups in total. The van der Waals surface area contributed by atoms with Gasteiger partial charge in [0.1, 0.15) is 0 Å². The van der Waals surface area contributed by atoms with Crippen LogP contribution in [0.5, 0.6) is 0 Å². The van der Waals surface area contributed by atoms with E-state index >= 15 is 0 Å². The molecule has 5 nitrogen and oxygen atoms in total. The van der Waals surface area contributed by atoms with Crippen molar-refractivity contribution in [3.05, 3.63) is 71.3 Å². The fraction of sp³-hybridized carbons (Fsp3) is 0.517. The van der Waals surface area contributed by atoms with Crippen molar-refractivity contribution in [1.29, 1.82) is 0 Å². The highest BCUT2D eigenvalue weighted by Gasteiger charge is 2.40. The normalized spacial score (nSPS) is 22.5. The summed E-state index contributed by atoms with van der Waals surface area (Å²) in [6.45, 7) is 8.50. The molecule has 0 saturated carbocycles. The number of nitrogens with zero attached hydrogens (tertiary/aromatic N) is 2. The largest absolute Gasteiger partial charge is 0.366 e. The van der Waals surface area contributed by atoms with Crippen LogP contribution in [0.3, 0.4) is 0 Å². The number of rotatable bonds is 8. The number of hydrogen-bond acceptors (Lipinski definition) is 3. The molecule has 34 heavy (non-hydrogen) atoms. The van der Waals surface area contributed by atoms with Crippen molar-refractivity contribution in [2.24, 2.45) is 11.1 Å². The molecule has 0 aliphatic carbocycles. The molecule has 2 heterocycles. The highest BCUT2D eigenvalue weighted by molar-refractivity contribution is 5.92. The van der Waals surface area contributed by atoms with Gasteiger partial charge in [0.25, 0.3) is 0 Å². The lowest BCUT2D eigenvalue weighted by Gasteiger charge is -2.40. The molecule has 2 aromatic carbocycles. The lowest BCUT2D eigenvalue weighted by atomic mass is 9.84. The number of piperidine rings is 1. The third-order valence-electron chi connectivity index (χ3n) is 7.52. The molecule has 0 spiro atoms. The minimum atomic E-state index is -0.383. The Bertz CT molecular complexity index is 984. The first-order chi connectivity index (χ1) is 16.2. The van der Waals surface area contributed by atoms with Gasteiger partial charge in [0.2, 0.25) is 11.8 Å². The number of amides is 2. The molecular formula is C29H39N3O2. The number of benzene rings is 2. The molecule has 2 fully saturated rings. The van der Waals surface area contributed by atoms with Crippen molar-refractivity contribution < 1.29 is 9.59 Å². The number of nitrogens with two attached hydrogens (primary N) is 1. The van der Waals surface area contributed by atoms with Crippen molar-refractivity contribution in [3.8, 4) is 0 Å². The molecule has 2 bridgehead atoms. The molecule has 2 saturated heterocycles. The van der Waals surface area contributed by atoms with Crippen molar-refractivity contribution in [2.75, 3.05) is 13.1 Å². The second-order valence-corrected chi connectivity index (χ2v) is 11.1. The van der Waals surface area contributed by atoms with Crippen LogP contribution in [0.15, 0.2) is 54.6 Å². The SMILES string of the molecule is CC(C)(C)C(=O)N(CCCN1C2CCC1CC(c1cccc(C(N)=O)c1)C2)Cc1ccccc1. The molecule has 182 valence electrons. The van der Waals surface area contributed by atoms with E-state index in [2.05, 4.69) is 23.1 Å². The van der Waals surface area contributed by atoms with Gasteiger partial charge in [0.05, 0.1) is 0 Å². The summed E-state index contributed by atoms with van der Waals surface area (Å²) in [4.78, 5) is 29.5. The quantitative estimate of drug-likeness (QED) is 0.604. The van der Waals surface area contributed by atoms with Gasteiger partial charge in [0.15, 0.2) is 0 Å². The van der Waals surface area contributed by atoms with Gasteiger partial charge in [-0.1, -0.05) is 63.2 Å². The topological polar surface area (TPSA) is 66.6 Å². The fourth-order valence-electron chi connectivity index (χ4n) is 5.83. The van der Waals surface area contributed by atoms with Crippen LogP contribution in [-0.4, -0.2) is 46.8 Å². The lowest BCUT2D eigenvalue weighted by molar-refractivity contribution is -0.140. The first-order valence-electron chi connectivity index (χ1n) is 12.7. The highest BCUT2D eigenvalue weighted by Crippen LogP contribution is 2.43. The molecule has 2 amide bonds. The Morgan fingerprint density at radius 3 is 2.29 bits per heavy atom. The predicted molar refractivity (Wildman–Crippen MR) is 136 cm³/mol. The van der Waals surface area contributed by atoms with E-state index in [0.717, 1.165) is 32.4 Å². The zero-order chi connectivity index (χ0) is 24.3. The Labute approximate surface area is 204 Å². The van der Waals surface area contributed by atoms with Crippen LogP contribution >= 0.6 is 0 Å². The third-order valence-corrected chi connectivity index (χ3v) is 7.52. The van der Waals surface area contributed by atoms with Crippen LogP contribution in [0.1, 0.15) is 80.3 Å². The van der Waals surface area contributed by atoms with Crippen molar-refractivity contribution >= 4 is 11.8 Å². The van der Waals surface area contributed by atoms with E-state index in [0.29, 0.717) is 30.1 Å². The van der Waals surface area contributed by atoms with Crippen LogP contribution in [0.25, 0.3) is 0 Å². The monoisotopic (exact) mass is 461 g/mol. The van der Waals surface area contributed by atoms with Gasteiger partial charge in [-0.15, -0.1) is 0 Å². The summed E-state index contributed by atoms with van der Waals surface area (Å²) < 4.78 is 0. The Balaban J connectivity index is 1.36. The molecule has 0 aromatic heterocycles. The molecule has 2 aliphatic rings. The number of carbonyl (C=O) groups excluding carboxylic acids is 2. The zero-order valence-corrected chi connectivity index (χ0v) is 20.9. The van der Waals surface area contributed by atoms with E-state index in [4.69, 9.17) is 5.73 Å². The second-order valence-electron chi connectivity index (χ2n) is 11.1. The summed E-state index contributed by atoms with van der Waals surface area (Å²) in [7, 11) is 0. The maximum atomic E-state index is 13.1. The van der Waals surface area contributed by atoms with Gasteiger partial charge in [-0.25, -0.2) is 0 Å². The van der Waals surface area contributed by atoms with E-state index in [1.54, 1.807) is 6.07 Å². The number of fused-ring (bicyclic) bond motifs is 2. The molecule has 0 radical (unpaired) electrons. The van der Waals surface area contributed by atoms with Crippen molar-refractivity contribution in [2.45, 2.75) is 77.4 Å². The molecule has 2 aliphatic heterocycles. The maximum Gasteiger partial charge on any atom is 0.248 e. The van der Waals surface area contributed by atoms with E-state index in [1.807, 2.05) is 56.0 Å². The average Bonchev–Trinajstić information content (AvgIpc) is 3.04. The standard InChI is InChI=1S/C29H39N3O2/c1-29(2,3)28(34)31(20-21-9-5-4-6-10-21)15-8-16-32-25-13-14-26(32)19-24(18-25)22-11-7-12-23(17-22)27(30)33/h4-7,9-12,17,24-26H,8,13-16,18-20H2,1-3H3,(H2,30,33). The number of carbonyl (C=O) groups is 2. The Morgan fingerprint density at radius 2 is 1.68 bits per heavy atom. The van der Waals surface area contributed by atoms with Crippen LogP contribution in [-0.2, 0) is 11.3 Å². The van der Waals surface area contributed by atoms with E-state index in [9.17, 15) is 9.59 Å². The van der Waals surface area contributed by atoms with Gasteiger partial charge < -0.3 is 10.6 Å². The molecule has 2 unspecified atom stereocenters. The first kappa shape index (κ1) is 24.5. The minimum Gasteiger partial charge on any atom is -0.366 e. The fourth-order valence-corrected chi connectivity index (χ4v) is 5.83. The summed E-state index contributed by atoms with van der Waals surface area (Å²) in [5, 5.41) is 0. The van der Waals surface area contributed by atoms with Crippen LogP contribution in [0, 0.1) is 5.41 Å². The van der Waals surface area contributed by atoms with Crippen LogP contribution in [0.2, 0.25) is 0 Å². The van der Waals surface area contributed by atoms with Crippen molar-refractivity contribution in [1.82, 2.24) is 9.80 Å². The number of hydrogen-bond donors (Lipinski definition) is 1. The van der Waals surface area contributed by atoms with Gasteiger partial charge in [-0.3, -0.25) is 14.5 Å². The summed E-state index contributed by atoms with van der Waals surface area (Å²) in [5.74, 6) is 0.351. The Hall–Kier alpha value is -2.66. The zero-order valence-electron chi connectivity index (χ0n) is 20.9. The van der Waals surface area contributed by atoms with E-state index in [-0.39, 0.29) is 17.2 Å². The summed E-state index contributed by atoms with van der Waals surface area (Å²) in [6.07, 6.45) is 5.74. The van der Waals surface area contributed by atoms with Gasteiger partial charge in [-0.2, -0.15) is 0 Å². The molecule has 2 atom stereocenters. The molecule has 5 heteroatoms. The highest BCUT2D eigenvalue weighted by atomic mass is 16.2. The first-order valence-corrected chi connectivity index (χ1v) is 12.7. The summed E-state index contributed by atoms with van der Waals surface area (Å²) in [6, 6.07) is 19.3. The average molecular weight is 462 g/mol. The second kappa shape index (κ2) is 10.3. The molecular weight excluding hydrogens is 422 g/mol. The van der Waals surface area contributed by atoms with E-state index < -0.39 is 0 Å².